The number of benzene rings is 2. The van der Waals surface area contributed by atoms with E-state index in [-0.39, 0.29) is 0 Å². The SMILES string of the molecule is Cc1ccc(N)c(S(=O)Cc2cccc3cccnc23)c1. The van der Waals surface area contributed by atoms with Gasteiger partial charge in [-0.1, -0.05) is 30.3 Å². The van der Waals surface area contributed by atoms with Crippen molar-refractivity contribution < 1.29 is 4.21 Å². The van der Waals surface area contributed by atoms with Crippen LogP contribution in [-0.4, -0.2) is 9.19 Å². The summed E-state index contributed by atoms with van der Waals surface area (Å²) in [6, 6.07) is 15.5. The Morgan fingerprint density at radius 2 is 1.95 bits per heavy atom. The van der Waals surface area contributed by atoms with Gasteiger partial charge in [0.15, 0.2) is 0 Å². The fourth-order valence-electron chi connectivity index (χ4n) is 2.34. The molecule has 0 saturated heterocycles. The number of hydrogen-bond donors (Lipinski definition) is 1. The first kappa shape index (κ1) is 13.8. The predicted molar refractivity (Wildman–Crippen MR) is 87.4 cm³/mol. The van der Waals surface area contributed by atoms with Crippen molar-refractivity contribution in [2.24, 2.45) is 0 Å². The molecule has 1 aromatic heterocycles. The van der Waals surface area contributed by atoms with Gasteiger partial charge in [-0.05, 0) is 36.2 Å². The Balaban J connectivity index is 1.99. The number of anilines is 1. The summed E-state index contributed by atoms with van der Waals surface area (Å²) in [4.78, 5) is 5.10. The molecule has 3 rings (SSSR count). The molecule has 4 heteroatoms. The van der Waals surface area contributed by atoms with E-state index in [1.165, 1.54) is 0 Å². The first-order valence-electron chi connectivity index (χ1n) is 6.72. The van der Waals surface area contributed by atoms with Crippen molar-refractivity contribution in [1.29, 1.82) is 0 Å². The first-order valence-corrected chi connectivity index (χ1v) is 8.04. The lowest BCUT2D eigenvalue weighted by molar-refractivity contribution is 0.683. The molecule has 0 aliphatic heterocycles. The van der Waals surface area contributed by atoms with E-state index in [0.29, 0.717) is 16.3 Å². The van der Waals surface area contributed by atoms with Crippen LogP contribution in [0.2, 0.25) is 0 Å². The lowest BCUT2D eigenvalue weighted by Gasteiger charge is -2.08. The van der Waals surface area contributed by atoms with Crippen molar-refractivity contribution in [3.63, 3.8) is 0 Å². The van der Waals surface area contributed by atoms with Gasteiger partial charge in [0.25, 0.3) is 0 Å². The molecule has 0 radical (unpaired) electrons. The Morgan fingerprint density at radius 3 is 2.81 bits per heavy atom. The molecule has 1 atom stereocenters. The van der Waals surface area contributed by atoms with Crippen molar-refractivity contribution >= 4 is 27.4 Å². The molecule has 0 aliphatic carbocycles. The highest BCUT2D eigenvalue weighted by Gasteiger charge is 2.11. The average molecular weight is 296 g/mol. The van der Waals surface area contributed by atoms with Crippen molar-refractivity contribution in [3.05, 3.63) is 65.9 Å². The molecule has 3 nitrogen and oxygen atoms in total. The van der Waals surface area contributed by atoms with E-state index in [0.717, 1.165) is 22.0 Å². The summed E-state index contributed by atoms with van der Waals surface area (Å²) >= 11 is 0. The van der Waals surface area contributed by atoms with E-state index in [9.17, 15) is 4.21 Å². The molecule has 3 aromatic rings. The predicted octanol–water partition coefficient (Wildman–Crippen LogP) is 3.43. The van der Waals surface area contributed by atoms with Gasteiger partial charge in [0, 0.05) is 17.3 Å². The molecule has 1 unspecified atom stereocenters. The van der Waals surface area contributed by atoms with Gasteiger partial charge < -0.3 is 5.73 Å². The molecule has 2 N–H and O–H groups in total. The summed E-state index contributed by atoms with van der Waals surface area (Å²) < 4.78 is 12.6. The zero-order chi connectivity index (χ0) is 14.8. The zero-order valence-corrected chi connectivity index (χ0v) is 12.6. The van der Waals surface area contributed by atoms with Crippen LogP contribution in [0, 0.1) is 6.92 Å². The molecular formula is C17H16N2OS. The van der Waals surface area contributed by atoms with E-state index in [1.54, 1.807) is 6.20 Å². The fourth-order valence-corrected chi connectivity index (χ4v) is 3.66. The summed E-state index contributed by atoms with van der Waals surface area (Å²) in [5.74, 6) is 0.419. The van der Waals surface area contributed by atoms with E-state index in [2.05, 4.69) is 4.98 Å². The van der Waals surface area contributed by atoms with E-state index in [1.807, 2.05) is 55.5 Å². The van der Waals surface area contributed by atoms with Gasteiger partial charge >= 0.3 is 0 Å². The van der Waals surface area contributed by atoms with Gasteiger partial charge in [0.2, 0.25) is 0 Å². The van der Waals surface area contributed by atoms with Gasteiger partial charge in [-0.2, -0.15) is 0 Å². The summed E-state index contributed by atoms with van der Waals surface area (Å²) in [5, 5.41) is 1.06. The quantitative estimate of drug-likeness (QED) is 0.753. The van der Waals surface area contributed by atoms with Crippen LogP contribution in [0.25, 0.3) is 10.9 Å². The molecule has 0 spiro atoms. The summed E-state index contributed by atoms with van der Waals surface area (Å²) in [5.41, 5.74) is 9.46. The number of nitrogen functional groups attached to an aromatic ring is 1. The molecule has 0 bridgehead atoms. The minimum atomic E-state index is -1.18. The lowest BCUT2D eigenvalue weighted by atomic mass is 10.1. The largest absolute Gasteiger partial charge is 0.398 e. The van der Waals surface area contributed by atoms with Crippen LogP contribution in [0.4, 0.5) is 5.69 Å². The van der Waals surface area contributed by atoms with Gasteiger partial charge in [0.05, 0.1) is 27.0 Å². The van der Waals surface area contributed by atoms with Crippen LogP contribution >= 0.6 is 0 Å². The Morgan fingerprint density at radius 1 is 1.14 bits per heavy atom. The summed E-state index contributed by atoms with van der Waals surface area (Å²) in [7, 11) is -1.18. The van der Waals surface area contributed by atoms with E-state index < -0.39 is 10.8 Å². The second-order valence-electron chi connectivity index (χ2n) is 5.02. The summed E-state index contributed by atoms with van der Waals surface area (Å²) in [6.45, 7) is 1.97. The number of aromatic nitrogens is 1. The Kier molecular flexibility index (Phi) is 3.71. The van der Waals surface area contributed by atoms with Gasteiger partial charge in [-0.3, -0.25) is 9.19 Å². The highest BCUT2D eigenvalue weighted by atomic mass is 32.2. The molecular weight excluding hydrogens is 280 g/mol. The first-order chi connectivity index (χ1) is 10.1. The molecule has 106 valence electrons. The van der Waals surface area contributed by atoms with Crippen LogP contribution in [0.3, 0.4) is 0 Å². The average Bonchev–Trinajstić information content (AvgIpc) is 2.50. The monoisotopic (exact) mass is 296 g/mol. The standard InChI is InChI=1S/C17H16N2OS/c1-12-7-8-15(18)16(10-12)21(20)11-14-5-2-4-13-6-3-9-19-17(13)14/h2-10H,11,18H2,1H3. The minimum absolute atomic E-state index is 0.419. The van der Waals surface area contributed by atoms with E-state index >= 15 is 0 Å². The maximum Gasteiger partial charge on any atom is 0.0743 e. The third-order valence-corrected chi connectivity index (χ3v) is 4.83. The van der Waals surface area contributed by atoms with Crippen LogP contribution in [-0.2, 0) is 16.6 Å². The highest BCUT2D eigenvalue weighted by Crippen LogP contribution is 2.23. The smallest absolute Gasteiger partial charge is 0.0743 e. The number of hydrogen-bond acceptors (Lipinski definition) is 3. The molecule has 0 saturated carbocycles. The number of para-hydroxylation sites is 1. The van der Waals surface area contributed by atoms with Crippen LogP contribution < -0.4 is 5.73 Å². The maximum absolute atomic E-state index is 12.6. The Bertz CT molecular complexity index is 825. The minimum Gasteiger partial charge on any atom is -0.398 e. The zero-order valence-electron chi connectivity index (χ0n) is 11.7. The molecule has 21 heavy (non-hydrogen) atoms. The summed E-state index contributed by atoms with van der Waals surface area (Å²) in [6.07, 6.45) is 1.76. The number of aryl methyl sites for hydroxylation is 1. The van der Waals surface area contributed by atoms with Gasteiger partial charge in [-0.25, -0.2) is 0 Å². The number of pyridine rings is 1. The van der Waals surface area contributed by atoms with Gasteiger partial charge in [-0.15, -0.1) is 0 Å². The molecule has 2 aromatic carbocycles. The Labute approximate surface area is 126 Å². The second kappa shape index (κ2) is 5.66. The second-order valence-corrected chi connectivity index (χ2v) is 6.44. The molecule has 1 heterocycles. The van der Waals surface area contributed by atoms with Crippen molar-refractivity contribution in [2.75, 3.05) is 5.73 Å². The Hall–Kier alpha value is -2.20. The van der Waals surface area contributed by atoms with Crippen molar-refractivity contribution in [1.82, 2.24) is 4.98 Å². The fraction of sp³-hybridized carbons (Fsp3) is 0.118. The van der Waals surface area contributed by atoms with Crippen LogP contribution in [0.1, 0.15) is 11.1 Å². The number of nitrogens with two attached hydrogens (primary N) is 1. The maximum atomic E-state index is 12.6. The normalized spacial score (nSPS) is 12.4. The van der Waals surface area contributed by atoms with Crippen LogP contribution in [0.5, 0.6) is 0 Å². The number of rotatable bonds is 3. The van der Waals surface area contributed by atoms with E-state index in [4.69, 9.17) is 5.73 Å². The highest BCUT2D eigenvalue weighted by molar-refractivity contribution is 7.84. The molecule has 0 aliphatic rings. The topological polar surface area (TPSA) is 56.0 Å². The van der Waals surface area contributed by atoms with Crippen LogP contribution in [0.15, 0.2) is 59.6 Å². The van der Waals surface area contributed by atoms with Gasteiger partial charge in [0.1, 0.15) is 0 Å². The third kappa shape index (κ3) is 2.81. The number of fused-ring (bicyclic) bond motifs is 1. The van der Waals surface area contributed by atoms with Crippen molar-refractivity contribution in [3.8, 4) is 0 Å². The lowest BCUT2D eigenvalue weighted by Crippen LogP contribution is -2.02. The van der Waals surface area contributed by atoms with Crippen molar-refractivity contribution in [2.45, 2.75) is 17.6 Å². The third-order valence-electron chi connectivity index (χ3n) is 3.42. The number of nitrogens with zero attached hydrogens (tertiary/aromatic N) is 1. The molecule has 0 amide bonds. The molecule has 0 fully saturated rings.